The van der Waals surface area contributed by atoms with Crippen LogP contribution in [0.15, 0.2) is 66.7 Å². The lowest BCUT2D eigenvalue weighted by molar-refractivity contribution is -0.123. The number of nitrogens with one attached hydrogen (secondary N) is 1. The summed E-state index contributed by atoms with van der Waals surface area (Å²) >= 11 is 0. The molecule has 7 nitrogen and oxygen atoms in total. The highest BCUT2D eigenvalue weighted by Crippen LogP contribution is 2.38. The highest BCUT2D eigenvalue weighted by atomic mass is 19.1. The van der Waals surface area contributed by atoms with Crippen molar-refractivity contribution in [3.63, 3.8) is 0 Å². The first-order valence-corrected chi connectivity index (χ1v) is 13.1. The second kappa shape index (κ2) is 11.5. The third kappa shape index (κ3) is 5.44. The van der Waals surface area contributed by atoms with Crippen LogP contribution in [0.3, 0.4) is 0 Å². The molecule has 8 heteroatoms. The number of rotatable bonds is 8. The van der Waals surface area contributed by atoms with Crippen LogP contribution in [0.25, 0.3) is 0 Å². The van der Waals surface area contributed by atoms with Crippen LogP contribution < -0.4 is 24.4 Å². The van der Waals surface area contributed by atoms with Crippen molar-refractivity contribution in [2.45, 2.75) is 44.7 Å². The zero-order chi connectivity index (χ0) is 26.5. The zero-order valence-corrected chi connectivity index (χ0v) is 21.3. The number of ether oxygens (including phenoxy) is 3. The second-order valence-corrected chi connectivity index (χ2v) is 9.38. The number of carbonyl (C=O) groups is 2. The van der Waals surface area contributed by atoms with Crippen LogP contribution in [-0.2, 0) is 4.79 Å². The first-order chi connectivity index (χ1) is 18.5. The minimum absolute atomic E-state index is 0.0267. The molecule has 1 fully saturated rings. The molecule has 1 N–H and O–H groups in total. The standard InChI is InChI=1S/C30H31FN2O5/c1-2-36-25-10-6-5-9-24(25)33(30(35)21-13-16-26-27(19-21)38-18-17-37-26)28(20-11-14-22(31)15-12-20)29(34)32-23-7-3-4-8-23/h5-6,9-16,19,23,28H,2-4,7-8,17-18H2,1H3,(H,32,34). The summed E-state index contributed by atoms with van der Waals surface area (Å²) in [6.07, 6.45) is 3.85. The first-order valence-electron chi connectivity index (χ1n) is 13.1. The van der Waals surface area contributed by atoms with Gasteiger partial charge in [0.2, 0.25) is 5.91 Å². The number of anilines is 1. The maximum Gasteiger partial charge on any atom is 0.259 e. The third-order valence-electron chi connectivity index (χ3n) is 6.83. The minimum atomic E-state index is -1.07. The molecule has 3 aromatic rings. The Kier molecular flexibility index (Phi) is 7.77. The number of para-hydroxylation sites is 2. The Morgan fingerprint density at radius 2 is 1.71 bits per heavy atom. The van der Waals surface area contributed by atoms with E-state index < -0.39 is 17.8 Å². The maximum absolute atomic E-state index is 14.3. The molecule has 2 aliphatic rings. The van der Waals surface area contributed by atoms with Crippen molar-refractivity contribution < 1.29 is 28.2 Å². The van der Waals surface area contributed by atoms with Gasteiger partial charge in [0, 0.05) is 11.6 Å². The van der Waals surface area contributed by atoms with Crippen LogP contribution in [0.4, 0.5) is 10.1 Å². The lowest BCUT2D eigenvalue weighted by Gasteiger charge is -2.33. The number of nitrogens with zero attached hydrogens (tertiary/aromatic N) is 1. The molecule has 1 saturated carbocycles. The van der Waals surface area contributed by atoms with Gasteiger partial charge in [-0.2, -0.15) is 0 Å². The predicted octanol–water partition coefficient (Wildman–Crippen LogP) is 5.44. The van der Waals surface area contributed by atoms with Gasteiger partial charge in [-0.3, -0.25) is 14.5 Å². The van der Waals surface area contributed by atoms with Crippen LogP contribution in [0.2, 0.25) is 0 Å². The number of fused-ring (bicyclic) bond motifs is 1. The molecule has 5 rings (SSSR count). The number of hydrogen-bond donors (Lipinski definition) is 1. The van der Waals surface area contributed by atoms with Gasteiger partial charge in [0.1, 0.15) is 30.8 Å². The Morgan fingerprint density at radius 3 is 2.45 bits per heavy atom. The molecule has 0 saturated heterocycles. The average molecular weight is 519 g/mol. The molecule has 1 aliphatic heterocycles. The van der Waals surface area contributed by atoms with Gasteiger partial charge in [0.15, 0.2) is 11.5 Å². The SMILES string of the molecule is CCOc1ccccc1N(C(=O)c1ccc2c(c1)OCCO2)C(C(=O)NC1CCCC1)c1ccc(F)cc1. The van der Waals surface area contributed by atoms with Crippen LogP contribution in [0.1, 0.15) is 54.6 Å². The van der Waals surface area contributed by atoms with E-state index in [0.29, 0.717) is 53.9 Å². The summed E-state index contributed by atoms with van der Waals surface area (Å²) in [4.78, 5) is 29.7. The lowest BCUT2D eigenvalue weighted by Crippen LogP contribution is -2.46. The van der Waals surface area contributed by atoms with E-state index in [1.54, 1.807) is 48.5 Å². The second-order valence-electron chi connectivity index (χ2n) is 9.38. The van der Waals surface area contributed by atoms with Crippen molar-refractivity contribution in [3.8, 4) is 17.2 Å². The molecular formula is C30H31FN2O5. The summed E-state index contributed by atoms with van der Waals surface area (Å²) < 4.78 is 31.1. The van der Waals surface area contributed by atoms with E-state index in [1.165, 1.54) is 17.0 Å². The number of benzene rings is 3. The smallest absolute Gasteiger partial charge is 0.259 e. The number of hydrogen-bond acceptors (Lipinski definition) is 5. The van der Waals surface area contributed by atoms with Crippen molar-refractivity contribution in [1.82, 2.24) is 5.32 Å². The first kappa shape index (κ1) is 25.6. The largest absolute Gasteiger partial charge is 0.492 e. The van der Waals surface area contributed by atoms with Gasteiger partial charge in [-0.25, -0.2) is 4.39 Å². The fourth-order valence-electron chi connectivity index (χ4n) is 5.03. The fraction of sp³-hybridized carbons (Fsp3) is 0.333. The summed E-state index contributed by atoms with van der Waals surface area (Å²) in [5, 5.41) is 3.14. The monoisotopic (exact) mass is 518 g/mol. The van der Waals surface area contributed by atoms with E-state index in [0.717, 1.165) is 25.7 Å². The van der Waals surface area contributed by atoms with Crippen LogP contribution >= 0.6 is 0 Å². The zero-order valence-electron chi connectivity index (χ0n) is 21.3. The van der Waals surface area contributed by atoms with Crippen LogP contribution in [-0.4, -0.2) is 37.7 Å². The molecule has 1 atom stereocenters. The number of halogens is 1. The van der Waals surface area contributed by atoms with Crippen LogP contribution in [0.5, 0.6) is 17.2 Å². The molecule has 198 valence electrons. The lowest BCUT2D eigenvalue weighted by atomic mass is 10.0. The van der Waals surface area contributed by atoms with Crippen molar-refractivity contribution in [2.75, 3.05) is 24.7 Å². The van der Waals surface area contributed by atoms with E-state index >= 15 is 0 Å². The normalized spacial score (nSPS) is 15.5. The van der Waals surface area contributed by atoms with Gasteiger partial charge >= 0.3 is 0 Å². The summed E-state index contributed by atoms with van der Waals surface area (Å²) in [5.41, 5.74) is 1.24. The highest BCUT2D eigenvalue weighted by Gasteiger charge is 2.36. The van der Waals surface area contributed by atoms with Gasteiger partial charge in [0.25, 0.3) is 5.91 Å². The minimum Gasteiger partial charge on any atom is -0.492 e. The summed E-state index contributed by atoms with van der Waals surface area (Å²) in [6.45, 7) is 3.04. The van der Waals surface area contributed by atoms with E-state index in [9.17, 15) is 14.0 Å². The molecular weight excluding hydrogens is 487 g/mol. The molecule has 0 aromatic heterocycles. The van der Waals surface area contributed by atoms with Crippen molar-refractivity contribution in [1.29, 1.82) is 0 Å². The summed E-state index contributed by atoms with van der Waals surface area (Å²) in [7, 11) is 0. The quantitative estimate of drug-likeness (QED) is 0.430. The molecule has 0 bridgehead atoms. The third-order valence-corrected chi connectivity index (χ3v) is 6.83. The molecule has 3 aromatic carbocycles. The molecule has 2 amide bonds. The molecule has 1 unspecified atom stereocenters. The van der Waals surface area contributed by atoms with Gasteiger partial charge in [-0.05, 0) is 67.8 Å². The number of amides is 2. The van der Waals surface area contributed by atoms with E-state index in [-0.39, 0.29) is 11.9 Å². The Hall–Kier alpha value is -4.07. The summed E-state index contributed by atoms with van der Waals surface area (Å²) in [5.74, 6) is 0.299. The molecule has 0 spiro atoms. The molecule has 1 heterocycles. The summed E-state index contributed by atoms with van der Waals surface area (Å²) in [6, 6.07) is 16.7. The van der Waals surface area contributed by atoms with Gasteiger partial charge < -0.3 is 19.5 Å². The molecule has 1 aliphatic carbocycles. The predicted molar refractivity (Wildman–Crippen MR) is 141 cm³/mol. The fourth-order valence-corrected chi connectivity index (χ4v) is 5.03. The van der Waals surface area contributed by atoms with E-state index in [2.05, 4.69) is 5.32 Å². The Bertz CT molecular complexity index is 1290. The Balaban J connectivity index is 1.63. The van der Waals surface area contributed by atoms with Crippen molar-refractivity contribution >= 4 is 17.5 Å². The topological polar surface area (TPSA) is 77.1 Å². The van der Waals surface area contributed by atoms with Gasteiger partial charge in [-0.15, -0.1) is 0 Å². The highest BCUT2D eigenvalue weighted by molar-refractivity contribution is 6.11. The maximum atomic E-state index is 14.3. The van der Waals surface area contributed by atoms with Crippen molar-refractivity contribution in [2.24, 2.45) is 0 Å². The number of carbonyl (C=O) groups excluding carboxylic acids is 2. The van der Waals surface area contributed by atoms with Crippen molar-refractivity contribution in [3.05, 3.63) is 83.7 Å². The van der Waals surface area contributed by atoms with E-state index in [1.807, 2.05) is 13.0 Å². The average Bonchev–Trinajstić information content (AvgIpc) is 3.45. The Morgan fingerprint density at radius 1 is 1.00 bits per heavy atom. The van der Waals surface area contributed by atoms with E-state index in [4.69, 9.17) is 14.2 Å². The van der Waals surface area contributed by atoms with Crippen LogP contribution in [0, 0.1) is 5.82 Å². The molecule has 38 heavy (non-hydrogen) atoms. The Labute approximate surface area is 221 Å². The van der Waals surface area contributed by atoms with Gasteiger partial charge in [0.05, 0.1) is 12.3 Å². The van der Waals surface area contributed by atoms with Gasteiger partial charge in [-0.1, -0.05) is 37.1 Å². The molecule has 0 radical (unpaired) electrons.